The van der Waals surface area contributed by atoms with Crippen molar-refractivity contribution in [2.45, 2.75) is 18.9 Å². The number of hydrogen-bond acceptors (Lipinski definition) is 4. The van der Waals surface area contributed by atoms with Crippen molar-refractivity contribution in [2.24, 2.45) is 0 Å². The fourth-order valence-electron chi connectivity index (χ4n) is 1.82. The monoisotopic (exact) mass is 289 g/mol. The summed E-state index contributed by atoms with van der Waals surface area (Å²) in [4.78, 5) is 12.4. The first-order chi connectivity index (χ1) is 10.1. The largest absolute Gasteiger partial charge is 0.491 e. The Morgan fingerprint density at radius 2 is 2.29 bits per heavy atom. The van der Waals surface area contributed by atoms with Crippen LogP contribution >= 0.6 is 0 Å². The molecule has 2 rings (SSSR count). The zero-order valence-corrected chi connectivity index (χ0v) is 12.3. The standard InChI is InChI=1S/C16H19NO4/c1-3-8-21-15-5-4-13(9-14(15)17(2)12-18)6-7-16(19)10-20-11-16/h4-5,9,12,19H,3,8,10-11H2,1-2H3. The molecule has 21 heavy (non-hydrogen) atoms. The molecule has 1 aliphatic rings. The zero-order chi connectivity index (χ0) is 15.3. The highest BCUT2D eigenvalue weighted by molar-refractivity contribution is 5.79. The van der Waals surface area contributed by atoms with Crippen LogP contribution in [0.25, 0.3) is 0 Å². The first kappa shape index (κ1) is 15.4. The van der Waals surface area contributed by atoms with Crippen LogP contribution in [0.3, 0.4) is 0 Å². The number of ether oxygens (including phenoxy) is 2. The van der Waals surface area contributed by atoms with E-state index in [-0.39, 0.29) is 13.2 Å². The number of carbonyl (C=O) groups is 1. The van der Waals surface area contributed by atoms with E-state index in [9.17, 15) is 9.90 Å². The van der Waals surface area contributed by atoms with Crippen LogP contribution in [0.15, 0.2) is 18.2 Å². The van der Waals surface area contributed by atoms with Crippen molar-refractivity contribution in [1.29, 1.82) is 0 Å². The fraction of sp³-hybridized carbons (Fsp3) is 0.438. The minimum atomic E-state index is -1.05. The Kier molecular flexibility index (Phi) is 4.84. The highest BCUT2D eigenvalue weighted by atomic mass is 16.5. The number of rotatable bonds is 5. The van der Waals surface area contributed by atoms with E-state index < -0.39 is 5.60 Å². The maximum atomic E-state index is 11.0. The quantitative estimate of drug-likeness (QED) is 0.653. The van der Waals surface area contributed by atoms with E-state index in [2.05, 4.69) is 11.8 Å². The van der Waals surface area contributed by atoms with E-state index in [0.29, 0.717) is 23.6 Å². The summed E-state index contributed by atoms with van der Waals surface area (Å²) in [6.45, 7) is 3.07. The number of amides is 1. The van der Waals surface area contributed by atoms with E-state index >= 15 is 0 Å². The molecule has 1 aromatic rings. The van der Waals surface area contributed by atoms with Crippen LogP contribution in [-0.4, -0.2) is 44.0 Å². The van der Waals surface area contributed by atoms with Crippen molar-refractivity contribution in [3.63, 3.8) is 0 Å². The van der Waals surface area contributed by atoms with Crippen LogP contribution in [0, 0.1) is 11.8 Å². The minimum Gasteiger partial charge on any atom is -0.491 e. The molecule has 0 saturated carbocycles. The summed E-state index contributed by atoms with van der Waals surface area (Å²) in [7, 11) is 1.66. The molecule has 0 spiro atoms. The van der Waals surface area contributed by atoms with Crippen LogP contribution in [0.4, 0.5) is 5.69 Å². The lowest BCUT2D eigenvalue weighted by Crippen LogP contribution is -2.48. The van der Waals surface area contributed by atoms with Crippen molar-refractivity contribution >= 4 is 12.1 Å². The molecule has 112 valence electrons. The van der Waals surface area contributed by atoms with Gasteiger partial charge in [-0.15, -0.1) is 0 Å². The van der Waals surface area contributed by atoms with Gasteiger partial charge in [0.15, 0.2) is 5.60 Å². The second-order valence-corrected chi connectivity index (χ2v) is 5.02. The first-order valence-electron chi connectivity index (χ1n) is 6.86. The van der Waals surface area contributed by atoms with Gasteiger partial charge in [-0.3, -0.25) is 4.79 Å². The van der Waals surface area contributed by atoms with E-state index in [1.54, 1.807) is 19.2 Å². The topological polar surface area (TPSA) is 59.0 Å². The Labute approximate surface area is 124 Å². The molecule has 0 bridgehead atoms. The number of carbonyl (C=O) groups excluding carboxylic acids is 1. The third-order valence-electron chi connectivity index (χ3n) is 3.08. The third-order valence-corrected chi connectivity index (χ3v) is 3.08. The van der Waals surface area contributed by atoms with Crippen LogP contribution in [0.5, 0.6) is 5.75 Å². The van der Waals surface area contributed by atoms with E-state index in [0.717, 1.165) is 12.8 Å². The summed E-state index contributed by atoms with van der Waals surface area (Å²) in [6.07, 6.45) is 1.61. The molecule has 1 aliphatic heterocycles. The maximum absolute atomic E-state index is 11.0. The summed E-state index contributed by atoms with van der Waals surface area (Å²) < 4.78 is 10.6. The van der Waals surface area contributed by atoms with Gasteiger partial charge in [0.25, 0.3) is 0 Å². The molecule has 1 amide bonds. The van der Waals surface area contributed by atoms with Gasteiger partial charge in [0.05, 0.1) is 25.5 Å². The molecule has 5 nitrogen and oxygen atoms in total. The summed E-state index contributed by atoms with van der Waals surface area (Å²) in [6, 6.07) is 5.37. The Morgan fingerprint density at radius 1 is 1.52 bits per heavy atom. The molecule has 0 aromatic heterocycles. The van der Waals surface area contributed by atoms with Gasteiger partial charge in [-0.05, 0) is 24.6 Å². The molecule has 5 heteroatoms. The average molecular weight is 289 g/mol. The number of anilines is 1. The highest BCUT2D eigenvalue weighted by Crippen LogP contribution is 2.28. The molecule has 1 aromatic carbocycles. The molecule has 1 fully saturated rings. The molecule has 0 unspecified atom stereocenters. The van der Waals surface area contributed by atoms with Crippen molar-refractivity contribution in [2.75, 3.05) is 31.8 Å². The smallest absolute Gasteiger partial charge is 0.213 e. The number of hydrogen-bond donors (Lipinski definition) is 1. The van der Waals surface area contributed by atoms with Gasteiger partial charge in [0.2, 0.25) is 6.41 Å². The Bertz CT molecular complexity index is 569. The zero-order valence-electron chi connectivity index (χ0n) is 12.3. The Hall–Kier alpha value is -2.03. The van der Waals surface area contributed by atoms with Crippen molar-refractivity contribution in [3.8, 4) is 17.6 Å². The molecule has 1 saturated heterocycles. The Balaban J connectivity index is 2.25. The number of benzene rings is 1. The van der Waals surface area contributed by atoms with Crippen molar-refractivity contribution < 1.29 is 19.4 Å². The summed E-state index contributed by atoms with van der Waals surface area (Å²) in [5, 5.41) is 9.88. The molecule has 0 atom stereocenters. The summed E-state index contributed by atoms with van der Waals surface area (Å²) >= 11 is 0. The normalized spacial score (nSPS) is 15.4. The molecule has 0 aliphatic carbocycles. The summed E-state index contributed by atoms with van der Waals surface area (Å²) in [5.41, 5.74) is 0.318. The van der Waals surface area contributed by atoms with Crippen LogP contribution in [-0.2, 0) is 9.53 Å². The van der Waals surface area contributed by atoms with Crippen LogP contribution in [0.1, 0.15) is 18.9 Å². The molecular weight excluding hydrogens is 270 g/mol. The summed E-state index contributed by atoms with van der Waals surface area (Å²) in [5.74, 6) is 6.34. The molecule has 1 heterocycles. The van der Waals surface area contributed by atoms with Gasteiger partial charge in [-0.1, -0.05) is 18.8 Å². The highest BCUT2D eigenvalue weighted by Gasteiger charge is 2.33. The van der Waals surface area contributed by atoms with Crippen molar-refractivity contribution in [1.82, 2.24) is 0 Å². The predicted octanol–water partition coefficient (Wildman–Crippen LogP) is 1.18. The fourth-order valence-corrected chi connectivity index (χ4v) is 1.82. The Morgan fingerprint density at radius 3 is 2.86 bits per heavy atom. The second-order valence-electron chi connectivity index (χ2n) is 5.02. The maximum Gasteiger partial charge on any atom is 0.213 e. The lowest BCUT2D eigenvalue weighted by molar-refractivity contribution is -0.140. The van der Waals surface area contributed by atoms with E-state index in [4.69, 9.17) is 9.47 Å². The van der Waals surface area contributed by atoms with E-state index in [1.807, 2.05) is 13.0 Å². The van der Waals surface area contributed by atoms with Gasteiger partial charge in [-0.25, -0.2) is 0 Å². The third kappa shape index (κ3) is 3.75. The number of nitrogens with zero attached hydrogens (tertiary/aromatic N) is 1. The van der Waals surface area contributed by atoms with Crippen molar-refractivity contribution in [3.05, 3.63) is 23.8 Å². The van der Waals surface area contributed by atoms with Gasteiger partial charge < -0.3 is 19.5 Å². The first-order valence-corrected chi connectivity index (χ1v) is 6.86. The lowest BCUT2D eigenvalue weighted by atomic mass is 10.0. The number of aliphatic hydroxyl groups is 1. The molecular formula is C16H19NO4. The van der Waals surface area contributed by atoms with Gasteiger partial charge >= 0.3 is 0 Å². The van der Waals surface area contributed by atoms with Gasteiger partial charge in [-0.2, -0.15) is 0 Å². The SMILES string of the molecule is CCCOc1ccc(C#CC2(O)COC2)cc1N(C)C=O. The lowest BCUT2D eigenvalue weighted by Gasteiger charge is -2.30. The molecule has 1 N–H and O–H groups in total. The van der Waals surface area contributed by atoms with E-state index in [1.165, 1.54) is 4.90 Å². The van der Waals surface area contributed by atoms with Gasteiger partial charge in [0.1, 0.15) is 5.75 Å². The van der Waals surface area contributed by atoms with Crippen LogP contribution < -0.4 is 9.64 Å². The predicted molar refractivity (Wildman–Crippen MR) is 79.3 cm³/mol. The van der Waals surface area contributed by atoms with Crippen LogP contribution in [0.2, 0.25) is 0 Å². The second kappa shape index (κ2) is 6.61. The van der Waals surface area contributed by atoms with Gasteiger partial charge in [0, 0.05) is 12.6 Å². The molecule has 0 radical (unpaired) electrons. The average Bonchev–Trinajstić information content (AvgIpc) is 2.48. The minimum absolute atomic E-state index is 0.235.